The Balaban J connectivity index is 2.28. The van der Waals surface area contributed by atoms with Crippen molar-refractivity contribution in [2.75, 3.05) is 5.32 Å². The van der Waals surface area contributed by atoms with Crippen molar-refractivity contribution in [3.05, 3.63) is 23.8 Å². The van der Waals surface area contributed by atoms with Crippen LogP contribution in [0.4, 0.5) is 10.5 Å². The van der Waals surface area contributed by atoms with Gasteiger partial charge in [-0.1, -0.05) is 25.8 Å². The van der Waals surface area contributed by atoms with Gasteiger partial charge in [0.25, 0.3) is 10.0 Å². The van der Waals surface area contributed by atoms with Gasteiger partial charge < -0.3 is 5.32 Å². The quantitative estimate of drug-likeness (QED) is 0.822. The summed E-state index contributed by atoms with van der Waals surface area (Å²) in [5.74, 6) is 0. The number of carbonyl (C=O) groups is 1. The zero-order valence-corrected chi connectivity index (χ0v) is 11.0. The highest BCUT2D eigenvalue weighted by Crippen LogP contribution is 2.26. The van der Waals surface area contributed by atoms with Crippen molar-refractivity contribution in [1.82, 2.24) is 4.72 Å². The van der Waals surface area contributed by atoms with Crippen molar-refractivity contribution in [1.29, 1.82) is 0 Å². The molecule has 0 saturated heterocycles. The van der Waals surface area contributed by atoms with E-state index in [0.717, 1.165) is 31.2 Å². The van der Waals surface area contributed by atoms with Crippen molar-refractivity contribution >= 4 is 21.7 Å². The molecule has 5 nitrogen and oxygen atoms in total. The van der Waals surface area contributed by atoms with E-state index >= 15 is 0 Å². The SMILES string of the molecule is CCCCCc1ccc2c(c1)S(=O)(=O)NC(=O)N2. The second-order valence-electron chi connectivity index (χ2n) is 4.35. The highest BCUT2D eigenvalue weighted by atomic mass is 32.2. The number of anilines is 1. The minimum Gasteiger partial charge on any atom is -0.306 e. The molecule has 0 radical (unpaired) electrons. The summed E-state index contributed by atoms with van der Waals surface area (Å²) in [6.45, 7) is 2.12. The Kier molecular flexibility index (Phi) is 3.56. The Morgan fingerprint density at radius 2 is 2.00 bits per heavy atom. The number of nitrogens with one attached hydrogen (secondary N) is 2. The van der Waals surface area contributed by atoms with Gasteiger partial charge in [-0.15, -0.1) is 0 Å². The fraction of sp³-hybridized carbons (Fsp3) is 0.417. The van der Waals surface area contributed by atoms with Crippen LogP contribution in [0.2, 0.25) is 0 Å². The minimum absolute atomic E-state index is 0.149. The van der Waals surface area contributed by atoms with E-state index in [2.05, 4.69) is 12.2 Å². The normalized spacial score (nSPS) is 16.6. The first kappa shape index (κ1) is 12.9. The Bertz CT molecular complexity index is 567. The number of sulfonamides is 1. The molecule has 6 heteroatoms. The Morgan fingerprint density at radius 1 is 1.22 bits per heavy atom. The third-order valence-electron chi connectivity index (χ3n) is 2.88. The molecule has 1 aliphatic heterocycles. The van der Waals surface area contributed by atoms with E-state index in [1.54, 1.807) is 12.1 Å². The molecule has 0 saturated carbocycles. The summed E-state index contributed by atoms with van der Waals surface area (Å²) in [4.78, 5) is 11.3. The number of amides is 2. The van der Waals surface area contributed by atoms with Crippen LogP contribution in [0.3, 0.4) is 0 Å². The van der Waals surface area contributed by atoms with Crippen LogP contribution in [0.5, 0.6) is 0 Å². The molecule has 0 aromatic heterocycles. The molecule has 2 rings (SSSR count). The molecule has 0 bridgehead atoms. The molecule has 0 atom stereocenters. The van der Waals surface area contributed by atoms with Gasteiger partial charge in [0.2, 0.25) is 0 Å². The Morgan fingerprint density at radius 3 is 2.72 bits per heavy atom. The van der Waals surface area contributed by atoms with Crippen molar-refractivity contribution in [3.63, 3.8) is 0 Å². The zero-order chi connectivity index (χ0) is 13.2. The van der Waals surface area contributed by atoms with Crippen LogP contribution in [0.25, 0.3) is 0 Å². The van der Waals surface area contributed by atoms with Crippen LogP contribution >= 0.6 is 0 Å². The maximum Gasteiger partial charge on any atom is 0.333 e. The predicted molar refractivity (Wildman–Crippen MR) is 69.0 cm³/mol. The highest BCUT2D eigenvalue weighted by molar-refractivity contribution is 7.90. The number of urea groups is 1. The molecule has 98 valence electrons. The van der Waals surface area contributed by atoms with Gasteiger partial charge in [-0.3, -0.25) is 0 Å². The molecule has 2 amide bonds. The number of fused-ring (bicyclic) bond motifs is 1. The third kappa shape index (κ3) is 2.64. The van der Waals surface area contributed by atoms with E-state index in [4.69, 9.17) is 0 Å². The van der Waals surface area contributed by atoms with E-state index in [-0.39, 0.29) is 4.90 Å². The first-order valence-corrected chi connectivity index (χ1v) is 7.48. The second kappa shape index (κ2) is 4.97. The van der Waals surface area contributed by atoms with Crippen LogP contribution < -0.4 is 10.0 Å². The maximum absolute atomic E-state index is 11.8. The lowest BCUT2D eigenvalue weighted by molar-refractivity contribution is 0.256. The summed E-state index contributed by atoms with van der Waals surface area (Å²) >= 11 is 0. The lowest BCUT2D eigenvalue weighted by atomic mass is 10.1. The predicted octanol–water partition coefficient (Wildman–Crippen LogP) is 2.24. The van der Waals surface area contributed by atoms with Crippen LogP contribution in [0.15, 0.2) is 23.1 Å². The van der Waals surface area contributed by atoms with Gasteiger partial charge in [0.1, 0.15) is 4.90 Å². The highest BCUT2D eigenvalue weighted by Gasteiger charge is 2.27. The Labute approximate surface area is 107 Å². The average Bonchev–Trinajstić information content (AvgIpc) is 2.29. The number of aryl methyl sites for hydroxylation is 1. The van der Waals surface area contributed by atoms with Crippen LogP contribution in [-0.4, -0.2) is 14.4 Å². The number of hydrogen-bond acceptors (Lipinski definition) is 3. The molecule has 0 unspecified atom stereocenters. The van der Waals surface area contributed by atoms with Crippen molar-refractivity contribution < 1.29 is 13.2 Å². The van der Waals surface area contributed by atoms with Crippen molar-refractivity contribution in [2.45, 2.75) is 37.5 Å². The third-order valence-corrected chi connectivity index (χ3v) is 4.25. The smallest absolute Gasteiger partial charge is 0.306 e. The summed E-state index contributed by atoms with van der Waals surface area (Å²) in [6.07, 6.45) is 4.14. The van der Waals surface area contributed by atoms with Gasteiger partial charge in [-0.05, 0) is 30.5 Å². The van der Waals surface area contributed by atoms with Gasteiger partial charge in [0, 0.05) is 0 Å². The molecular formula is C12H16N2O3S. The number of rotatable bonds is 4. The number of unbranched alkanes of at least 4 members (excludes halogenated alkanes) is 2. The molecule has 2 N–H and O–H groups in total. The molecule has 0 spiro atoms. The van der Waals surface area contributed by atoms with Gasteiger partial charge in [-0.25, -0.2) is 17.9 Å². The summed E-state index contributed by atoms with van der Waals surface area (Å²) in [7, 11) is -3.71. The van der Waals surface area contributed by atoms with Gasteiger partial charge in [-0.2, -0.15) is 0 Å². The van der Waals surface area contributed by atoms with Crippen LogP contribution in [0, 0.1) is 0 Å². The van der Waals surface area contributed by atoms with Crippen LogP contribution in [-0.2, 0) is 16.4 Å². The monoisotopic (exact) mass is 268 g/mol. The second-order valence-corrected chi connectivity index (χ2v) is 6.00. The molecule has 1 aliphatic rings. The summed E-state index contributed by atoms with van der Waals surface area (Å²) < 4.78 is 25.5. The molecule has 18 heavy (non-hydrogen) atoms. The Hall–Kier alpha value is -1.56. The van der Waals surface area contributed by atoms with E-state index in [0.29, 0.717) is 5.69 Å². The van der Waals surface area contributed by atoms with Gasteiger partial charge >= 0.3 is 6.03 Å². The average molecular weight is 268 g/mol. The first-order valence-electron chi connectivity index (χ1n) is 5.99. The topological polar surface area (TPSA) is 75.3 Å². The summed E-state index contributed by atoms with van der Waals surface area (Å²) in [5, 5.41) is 2.48. The van der Waals surface area contributed by atoms with Gasteiger partial charge in [0.15, 0.2) is 0 Å². The largest absolute Gasteiger partial charge is 0.333 e. The first-order chi connectivity index (χ1) is 8.53. The molecule has 0 fully saturated rings. The number of hydrogen-bond donors (Lipinski definition) is 2. The van der Waals surface area contributed by atoms with Crippen LogP contribution in [0.1, 0.15) is 31.7 Å². The van der Waals surface area contributed by atoms with E-state index in [1.165, 1.54) is 0 Å². The molecule has 1 aromatic rings. The minimum atomic E-state index is -3.71. The van der Waals surface area contributed by atoms with E-state index < -0.39 is 16.1 Å². The number of carbonyl (C=O) groups excluding carboxylic acids is 1. The van der Waals surface area contributed by atoms with E-state index in [9.17, 15) is 13.2 Å². The lowest BCUT2D eigenvalue weighted by Crippen LogP contribution is -2.39. The van der Waals surface area contributed by atoms with Gasteiger partial charge in [0.05, 0.1) is 5.69 Å². The number of benzene rings is 1. The van der Waals surface area contributed by atoms with Crippen molar-refractivity contribution in [3.8, 4) is 0 Å². The fourth-order valence-electron chi connectivity index (χ4n) is 1.95. The standard InChI is InChI=1S/C12H16N2O3S/c1-2-3-4-5-9-6-7-10-11(8-9)18(16,17)14-12(15)13-10/h6-8H,2-5H2,1H3,(H2,13,14,15). The zero-order valence-electron chi connectivity index (χ0n) is 10.2. The maximum atomic E-state index is 11.8. The molecule has 0 aliphatic carbocycles. The summed E-state index contributed by atoms with van der Waals surface area (Å²) in [5.41, 5.74) is 1.32. The van der Waals surface area contributed by atoms with E-state index in [1.807, 2.05) is 10.8 Å². The molecular weight excluding hydrogens is 252 g/mol. The van der Waals surface area contributed by atoms with Crippen molar-refractivity contribution in [2.24, 2.45) is 0 Å². The molecule has 1 heterocycles. The molecule has 1 aromatic carbocycles. The lowest BCUT2D eigenvalue weighted by Gasteiger charge is -2.18. The summed E-state index contributed by atoms with van der Waals surface area (Å²) in [6, 6.07) is 4.43. The fourth-order valence-corrected chi connectivity index (χ4v) is 3.07.